The summed E-state index contributed by atoms with van der Waals surface area (Å²) in [7, 11) is 1.70. The summed E-state index contributed by atoms with van der Waals surface area (Å²) in [6, 6.07) is 8.53. The molecule has 5 rings (SSSR count). The molecule has 1 aromatic carbocycles. The van der Waals surface area contributed by atoms with Crippen molar-refractivity contribution in [1.82, 2.24) is 19.5 Å². The highest BCUT2D eigenvalue weighted by molar-refractivity contribution is 7.22. The van der Waals surface area contributed by atoms with Crippen molar-refractivity contribution in [2.24, 2.45) is 0 Å². The van der Waals surface area contributed by atoms with Crippen molar-refractivity contribution < 1.29 is 9.53 Å². The van der Waals surface area contributed by atoms with E-state index in [1.165, 1.54) is 12.4 Å². The van der Waals surface area contributed by atoms with Gasteiger partial charge >= 0.3 is 0 Å². The van der Waals surface area contributed by atoms with Crippen molar-refractivity contribution in [3.8, 4) is 16.2 Å². The van der Waals surface area contributed by atoms with E-state index < -0.39 is 0 Å². The van der Waals surface area contributed by atoms with Crippen LogP contribution < -0.4 is 10.5 Å². The number of rotatable bonds is 4. The summed E-state index contributed by atoms with van der Waals surface area (Å²) < 4.78 is 8.60. The summed E-state index contributed by atoms with van der Waals surface area (Å²) in [5.41, 5.74) is 10.3. The van der Waals surface area contributed by atoms with Crippen LogP contribution in [-0.2, 0) is 4.79 Å². The lowest BCUT2D eigenvalue weighted by atomic mass is 10.0. The molecule has 158 valence electrons. The van der Waals surface area contributed by atoms with E-state index in [0.717, 1.165) is 49.5 Å². The number of amides is 1. The predicted molar refractivity (Wildman–Crippen MR) is 124 cm³/mol. The van der Waals surface area contributed by atoms with Crippen LogP contribution in [0.3, 0.4) is 0 Å². The van der Waals surface area contributed by atoms with Gasteiger partial charge in [0.1, 0.15) is 17.6 Å². The zero-order valence-corrected chi connectivity index (χ0v) is 18.3. The van der Waals surface area contributed by atoms with Gasteiger partial charge in [-0.05, 0) is 48.6 Å². The van der Waals surface area contributed by atoms with Gasteiger partial charge < -0.3 is 15.4 Å². The molecule has 1 unspecified atom stereocenters. The third kappa shape index (κ3) is 3.14. The van der Waals surface area contributed by atoms with Gasteiger partial charge in [-0.1, -0.05) is 12.6 Å². The van der Waals surface area contributed by atoms with Crippen LogP contribution in [-0.4, -0.2) is 45.6 Å². The molecule has 1 fully saturated rings. The van der Waals surface area contributed by atoms with Gasteiger partial charge in [0, 0.05) is 35.1 Å². The van der Waals surface area contributed by atoms with Crippen molar-refractivity contribution in [1.29, 1.82) is 0 Å². The van der Waals surface area contributed by atoms with Crippen LogP contribution in [0.15, 0.2) is 43.2 Å². The second-order valence-corrected chi connectivity index (χ2v) is 8.91. The van der Waals surface area contributed by atoms with Gasteiger partial charge in [-0.3, -0.25) is 4.79 Å². The fourth-order valence-corrected chi connectivity index (χ4v) is 5.60. The van der Waals surface area contributed by atoms with Crippen molar-refractivity contribution >= 4 is 38.7 Å². The predicted octanol–water partition coefficient (Wildman–Crippen LogP) is 4.01. The summed E-state index contributed by atoms with van der Waals surface area (Å²) in [4.78, 5) is 19.2. The van der Waals surface area contributed by atoms with E-state index in [1.54, 1.807) is 18.4 Å². The molecule has 4 heterocycles. The standard InChI is InChI=1S/C23H23N5O2S/c1-4-20(29)27-6-5-14(11-27)17-10-16(21-23(24)25-12-26-28(17)21)19-9-15-7-13(2)8-18(30-3)22(15)31-19/h4,7-10,12,14H,1,5-6,11H2,2-3H3,(H2,24,25,26). The van der Waals surface area contributed by atoms with Crippen molar-refractivity contribution in [2.45, 2.75) is 19.3 Å². The molecule has 1 saturated heterocycles. The summed E-state index contributed by atoms with van der Waals surface area (Å²) >= 11 is 1.67. The van der Waals surface area contributed by atoms with E-state index in [-0.39, 0.29) is 11.8 Å². The van der Waals surface area contributed by atoms with Gasteiger partial charge in [0.2, 0.25) is 5.91 Å². The molecule has 8 heteroatoms. The number of nitrogen functional groups attached to an aromatic ring is 1. The van der Waals surface area contributed by atoms with Crippen molar-refractivity contribution in [2.75, 3.05) is 25.9 Å². The van der Waals surface area contributed by atoms with Crippen LogP contribution in [0.4, 0.5) is 5.82 Å². The normalized spacial score (nSPS) is 16.3. The minimum absolute atomic E-state index is 0.0373. The first-order valence-corrected chi connectivity index (χ1v) is 10.9. The number of likely N-dealkylation sites (tertiary alicyclic amines) is 1. The van der Waals surface area contributed by atoms with E-state index in [4.69, 9.17) is 10.5 Å². The summed E-state index contributed by atoms with van der Waals surface area (Å²) in [5, 5.41) is 5.64. The number of hydrogen-bond donors (Lipinski definition) is 1. The van der Waals surface area contributed by atoms with Crippen molar-refractivity contribution in [3.05, 3.63) is 54.5 Å². The zero-order chi connectivity index (χ0) is 21.7. The number of aromatic nitrogens is 3. The van der Waals surface area contributed by atoms with Gasteiger partial charge in [0.25, 0.3) is 0 Å². The molecular weight excluding hydrogens is 410 g/mol. The Labute approximate surface area is 183 Å². The number of ether oxygens (including phenoxy) is 1. The molecule has 1 aliphatic heterocycles. The fourth-order valence-electron chi connectivity index (χ4n) is 4.45. The largest absolute Gasteiger partial charge is 0.495 e. The molecule has 0 spiro atoms. The van der Waals surface area contributed by atoms with Gasteiger partial charge in [-0.15, -0.1) is 11.3 Å². The third-order valence-electron chi connectivity index (χ3n) is 5.91. The number of carbonyl (C=O) groups is 1. The number of benzene rings is 1. The van der Waals surface area contributed by atoms with Crippen LogP contribution in [0.2, 0.25) is 0 Å². The fraction of sp³-hybridized carbons (Fsp3) is 0.261. The van der Waals surface area contributed by atoms with E-state index in [0.29, 0.717) is 18.9 Å². The van der Waals surface area contributed by atoms with E-state index in [9.17, 15) is 4.79 Å². The Balaban J connectivity index is 1.66. The molecule has 4 aromatic rings. The maximum absolute atomic E-state index is 12.1. The number of aryl methyl sites for hydroxylation is 1. The van der Waals surface area contributed by atoms with Crippen LogP contribution in [0.25, 0.3) is 26.0 Å². The maximum Gasteiger partial charge on any atom is 0.245 e. The summed E-state index contributed by atoms with van der Waals surface area (Å²) in [6.45, 7) is 7.01. The molecular formula is C23H23N5O2S. The molecule has 1 atom stereocenters. The molecule has 0 bridgehead atoms. The second-order valence-electron chi connectivity index (χ2n) is 7.86. The molecule has 0 radical (unpaired) electrons. The minimum Gasteiger partial charge on any atom is -0.495 e. The van der Waals surface area contributed by atoms with Gasteiger partial charge in [-0.25, -0.2) is 9.50 Å². The first kappa shape index (κ1) is 19.6. The Hall–Kier alpha value is -3.39. The molecule has 3 aromatic heterocycles. The average molecular weight is 434 g/mol. The van der Waals surface area contributed by atoms with Crippen LogP contribution in [0.5, 0.6) is 5.75 Å². The topological polar surface area (TPSA) is 85.8 Å². The van der Waals surface area contributed by atoms with Gasteiger partial charge in [-0.2, -0.15) is 5.10 Å². The van der Waals surface area contributed by atoms with E-state index in [2.05, 4.69) is 41.8 Å². The van der Waals surface area contributed by atoms with E-state index in [1.807, 2.05) is 15.5 Å². The lowest BCUT2D eigenvalue weighted by molar-refractivity contribution is -0.125. The first-order valence-electron chi connectivity index (χ1n) is 10.1. The lowest BCUT2D eigenvalue weighted by Gasteiger charge is -2.14. The average Bonchev–Trinajstić information content (AvgIpc) is 3.48. The second kappa shape index (κ2) is 7.39. The summed E-state index contributed by atoms with van der Waals surface area (Å²) in [6.07, 6.45) is 3.72. The highest BCUT2D eigenvalue weighted by Gasteiger charge is 2.30. The molecule has 31 heavy (non-hydrogen) atoms. The van der Waals surface area contributed by atoms with Crippen LogP contribution in [0, 0.1) is 6.92 Å². The number of hydrogen-bond acceptors (Lipinski definition) is 6. The minimum atomic E-state index is -0.0373. The smallest absolute Gasteiger partial charge is 0.245 e. The first-order chi connectivity index (χ1) is 15.0. The Morgan fingerprint density at radius 3 is 2.97 bits per heavy atom. The third-order valence-corrected chi connectivity index (χ3v) is 7.11. The number of carbonyl (C=O) groups excluding carboxylic acids is 1. The molecule has 0 saturated carbocycles. The Morgan fingerprint density at radius 2 is 2.19 bits per heavy atom. The monoisotopic (exact) mass is 433 g/mol. The Bertz CT molecular complexity index is 1340. The number of anilines is 1. The zero-order valence-electron chi connectivity index (χ0n) is 17.5. The molecule has 1 amide bonds. The van der Waals surface area contributed by atoms with Gasteiger partial charge in [0.15, 0.2) is 5.82 Å². The quantitative estimate of drug-likeness (QED) is 0.492. The Morgan fingerprint density at radius 1 is 1.35 bits per heavy atom. The molecule has 1 aliphatic rings. The molecule has 7 nitrogen and oxygen atoms in total. The highest BCUT2D eigenvalue weighted by Crippen LogP contribution is 2.43. The summed E-state index contributed by atoms with van der Waals surface area (Å²) in [5.74, 6) is 1.44. The number of nitrogens with zero attached hydrogens (tertiary/aromatic N) is 4. The SMILES string of the molecule is C=CC(=O)N1CCC(c2cc(-c3cc4cc(C)cc(OC)c4s3)c3c(N)ncnn23)C1. The lowest BCUT2D eigenvalue weighted by Crippen LogP contribution is -2.26. The number of nitrogens with two attached hydrogens (primary N) is 1. The Kier molecular flexibility index (Phi) is 4.66. The van der Waals surface area contributed by atoms with Crippen molar-refractivity contribution in [3.63, 3.8) is 0 Å². The maximum atomic E-state index is 12.1. The molecule has 0 aliphatic carbocycles. The van der Waals surface area contributed by atoms with E-state index >= 15 is 0 Å². The number of methoxy groups -OCH3 is 1. The van der Waals surface area contributed by atoms with Crippen LogP contribution >= 0.6 is 11.3 Å². The molecule has 2 N–H and O–H groups in total. The number of thiophene rings is 1. The van der Waals surface area contributed by atoms with Crippen LogP contribution in [0.1, 0.15) is 23.6 Å². The van der Waals surface area contributed by atoms with Gasteiger partial charge in [0.05, 0.1) is 11.8 Å². The number of fused-ring (bicyclic) bond motifs is 2. The highest BCUT2D eigenvalue weighted by atomic mass is 32.1.